The van der Waals surface area contributed by atoms with Crippen LogP contribution in [0, 0.1) is 3.57 Å². The average Bonchev–Trinajstić information content (AvgIpc) is 2.38. The third-order valence-corrected chi connectivity index (χ3v) is 4.39. The van der Waals surface area contributed by atoms with Crippen molar-refractivity contribution < 1.29 is 4.79 Å². The first-order valence-corrected chi connectivity index (χ1v) is 8.82. The third-order valence-electron chi connectivity index (χ3n) is 2.90. The summed E-state index contributed by atoms with van der Waals surface area (Å²) in [4.78, 5) is 12.0. The molecule has 1 aromatic carbocycles. The third kappa shape index (κ3) is 5.57. The van der Waals surface area contributed by atoms with Gasteiger partial charge in [0.1, 0.15) is 0 Å². The number of ketones is 1. The van der Waals surface area contributed by atoms with Crippen molar-refractivity contribution in [3.8, 4) is 0 Å². The molecule has 1 aromatic rings. The van der Waals surface area contributed by atoms with Crippen LogP contribution >= 0.6 is 50.1 Å². The zero-order valence-corrected chi connectivity index (χ0v) is 14.7. The van der Waals surface area contributed by atoms with E-state index in [2.05, 4.69) is 50.7 Å². The van der Waals surface area contributed by atoms with E-state index in [1.54, 1.807) is 0 Å². The summed E-state index contributed by atoms with van der Waals surface area (Å²) in [5.41, 5.74) is 1.14. The van der Waals surface area contributed by atoms with Gasteiger partial charge in [0, 0.05) is 15.4 Å². The Labute approximate surface area is 136 Å². The molecule has 1 unspecified atom stereocenters. The van der Waals surface area contributed by atoms with Gasteiger partial charge in [0.2, 0.25) is 0 Å². The van der Waals surface area contributed by atoms with Crippen molar-refractivity contribution in [2.24, 2.45) is 0 Å². The Bertz CT molecular complexity index is 384. The summed E-state index contributed by atoms with van der Waals surface area (Å²) in [7, 11) is 0. The molecule has 0 aliphatic carbocycles. The normalized spacial score (nSPS) is 12.4. The Morgan fingerprint density at radius 1 is 1.33 bits per heavy atom. The molecule has 0 saturated carbocycles. The topological polar surface area (TPSA) is 17.1 Å². The smallest absolute Gasteiger partial charge is 0.150 e. The maximum absolute atomic E-state index is 12.0. The number of halogens is 3. The van der Waals surface area contributed by atoms with Crippen LogP contribution in [0.15, 0.2) is 24.3 Å². The monoisotopic (exact) mass is 442 g/mol. The number of carbonyl (C=O) groups excluding carboxylic acids is 1. The van der Waals surface area contributed by atoms with Crippen LogP contribution in [-0.2, 0) is 4.79 Å². The number of hydrogen-bond donors (Lipinski definition) is 0. The molecule has 0 saturated heterocycles. The maximum atomic E-state index is 12.0. The summed E-state index contributed by atoms with van der Waals surface area (Å²) >= 11 is 11.2. The second kappa shape index (κ2) is 9.32. The van der Waals surface area contributed by atoms with E-state index < -0.39 is 0 Å². The molecule has 0 heterocycles. The van der Waals surface area contributed by atoms with Gasteiger partial charge in [0.25, 0.3) is 0 Å². The molecule has 0 radical (unpaired) electrons. The quantitative estimate of drug-likeness (QED) is 0.309. The molecule has 0 amide bonds. The Morgan fingerprint density at radius 3 is 2.72 bits per heavy atom. The predicted molar refractivity (Wildman–Crippen MR) is 89.9 cm³/mol. The van der Waals surface area contributed by atoms with Crippen LogP contribution in [0.1, 0.15) is 37.2 Å². The van der Waals surface area contributed by atoms with Gasteiger partial charge >= 0.3 is 0 Å². The maximum Gasteiger partial charge on any atom is 0.150 e. The molecule has 100 valence electrons. The van der Waals surface area contributed by atoms with Crippen LogP contribution < -0.4 is 0 Å². The molecule has 0 aromatic heterocycles. The van der Waals surface area contributed by atoms with Crippen molar-refractivity contribution in [3.63, 3.8) is 0 Å². The van der Waals surface area contributed by atoms with Crippen molar-refractivity contribution >= 4 is 55.9 Å². The number of unbranched alkanes of at least 4 members (excludes halogenated alkanes) is 2. The highest BCUT2D eigenvalue weighted by atomic mass is 127. The highest BCUT2D eigenvalue weighted by Gasteiger charge is 2.19. The second-order valence-electron chi connectivity index (χ2n) is 4.25. The van der Waals surface area contributed by atoms with Crippen LogP contribution in [0.4, 0.5) is 0 Å². The molecular formula is C14H17BrClIO. The van der Waals surface area contributed by atoms with E-state index >= 15 is 0 Å². The van der Waals surface area contributed by atoms with Gasteiger partial charge in [-0.2, -0.15) is 0 Å². The highest BCUT2D eigenvalue weighted by molar-refractivity contribution is 14.1. The minimum Gasteiger partial charge on any atom is -0.298 e. The van der Waals surface area contributed by atoms with Crippen molar-refractivity contribution in [2.45, 2.75) is 31.6 Å². The summed E-state index contributed by atoms with van der Waals surface area (Å²) < 4.78 is 1.18. The van der Waals surface area contributed by atoms with Crippen LogP contribution in [-0.4, -0.2) is 17.0 Å². The Kier molecular flexibility index (Phi) is 8.51. The Balaban J connectivity index is 2.69. The standard InChI is InChI=1S/C14H17BrClIO/c15-10-14(18)13(7-2-1-3-8-16)11-5-4-6-12(17)9-11/h4-6,9,13H,1-3,7-8,10H2. The lowest BCUT2D eigenvalue weighted by atomic mass is 9.90. The van der Waals surface area contributed by atoms with Crippen LogP contribution in [0.3, 0.4) is 0 Å². The molecule has 0 fully saturated rings. The fourth-order valence-electron chi connectivity index (χ4n) is 1.95. The van der Waals surface area contributed by atoms with E-state index in [1.165, 1.54) is 3.57 Å². The van der Waals surface area contributed by atoms with E-state index in [9.17, 15) is 4.79 Å². The largest absolute Gasteiger partial charge is 0.298 e. The predicted octanol–water partition coefficient (Wildman–Crippen LogP) is 5.14. The highest BCUT2D eigenvalue weighted by Crippen LogP contribution is 2.25. The first kappa shape index (κ1) is 16.4. The molecule has 18 heavy (non-hydrogen) atoms. The fourth-order valence-corrected chi connectivity index (χ4v) is 3.10. The van der Waals surface area contributed by atoms with Gasteiger partial charge in [-0.3, -0.25) is 4.79 Å². The molecule has 1 atom stereocenters. The molecule has 1 nitrogen and oxygen atoms in total. The number of Topliss-reactive ketones (excluding diaryl/α,β-unsaturated/α-hetero) is 1. The number of alkyl halides is 2. The van der Waals surface area contributed by atoms with Crippen LogP contribution in [0.5, 0.6) is 0 Å². The van der Waals surface area contributed by atoms with Gasteiger partial charge in [-0.1, -0.05) is 40.9 Å². The first-order valence-electron chi connectivity index (χ1n) is 6.09. The Morgan fingerprint density at radius 2 is 2.11 bits per heavy atom. The fraction of sp³-hybridized carbons (Fsp3) is 0.500. The minimum atomic E-state index is 0.0226. The van der Waals surface area contributed by atoms with Crippen LogP contribution in [0.25, 0.3) is 0 Å². The second-order valence-corrected chi connectivity index (χ2v) is 6.43. The summed E-state index contributed by atoms with van der Waals surface area (Å²) in [5.74, 6) is 0.998. The summed E-state index contributed by atoms with van der Waals surface area (Å²) in [6.45, 7) is 0. The summed E-state index contributed by atoms with van der Waals surface area (Å²) in [6.07, 6.45) is 4.10. The van der Waals surface area contributed by atoms with Gasteiger partial charge in [0.05, 0.1) is 5.33 Å². The lowest BCUT2D eigenvalue weighted by Crippen LogP contribution is -2.14. The van der Waals surface area contributed by atoms with E-state index in [0.29, 0.717) is 11.2 Å². The molecule has 0 aliphatic heterocycles. The first-order chi connectivity index (χ1) is 8.69. The van der Waals surface area contributed by atoms with Gasteiger partial charge in [0.15, 0.2) is 5.78 Å². The molecule has 1 rings (SSSR count). The van der Waals surface area contributed by atoms with Crippen molar-refractivity contribution in [3.05, 3.63) is 33.4 Å². The summed E-state index contributed by atoms with van der Waals surface area (Å²) in [5, 5.41) is 0.429. The number of rotatable bonds is 8. The molecular weight excluding hydrogens is 426 g/mol. The average molecular weight is 444 g/mol. The zero-order chi connectivity index (χ0) is 13.4. The van der Waals surface area contributed by atoms with Crippen molar-refractivity contribution in [1.82, 2.24) is 0 Å². The molecule has 0 bridgehead atoms. The van der Waals surface area contributed by atoms with Gasteiger partial charge in [-0.25, -0.2) is 0 Å². The van der Waals surface area contributed by atoms with Crippen molar-refractivity contribution in [2.75, 3.05) is 11.2 Å². The number of hydrogen-bond acceptors (Lipinski definition) is 1. The van der Waals surface area contributed by atoms with E-state index in [0.717, 1.165) is 31.2 Å². The minimum absolute atomic E-state index is 0.0226. The zero-order valence-electron chi connectivity index (χ0n) is 10.2. The van der Waals surface area contributed by atoms with E-state index in [4.69, 9.17) is 11.6 Å². The van der Waals surface area contributed by atoms with Gasteiger partial charge < -0.3 is 0 Å². The van der Waals surface area contributed by atoms with Gasteiger partial charge in [-0.15, -0.1) is 11.6 Å². The molecule has 0 aliphatic rings. The molecule has 0 spiro atoms. The molecule has 0 N–H and O–H groups in total. The van der Waals surface area contributed by atoms with E-state index in [-0.39, 0.29) is 11.7 Å². The van der Waals surface area contributed by atoms with Gasteiger partial charge in [-0.05, 0) is 53.1 Å². The SMILES string of the molecule is O=C(CBr)C(CCCCCCl)c1cccc(I)c1. The lowest BCUT2D eigenvalue weighted by molar-refractivity contribution is -0.118. The van der Waals surface area contributed by atoms with Crippen LogP contribution in [0.2, 0.25) is 0 Å². The number of benzene rings is 1. The summed E-state index contributed by atoms with van der Waals surface area (Å²) in [6, 6.07) is 8.22. The van der Waals surface area contributed by atoms with E-state index in [1.807, 2.05) is 12.1 Å². The van der Waals surface area contributed by atoms with Crippen molar-refractivity contribution in [1.29, 1.82) is 0 Å². The molecule has 4 heteroatoms. The Hall–Kier alpha value is 0.390. The lowest BCUT2D eigenvalue weighted by Gasteiger charge is -2.15. The number of carbonyl (C=O) groups is 1.